The van der Waals surface area contributed by atoms with E-state index in [4.69, 9.17) is 18.9 Å². The van der Waals surface area contributed by atoms with E-state index in [-0.39, 0.29) is 6.42 Å². The summed E-state index contributed by atoms with van der Waals surface area (Å²) in [4.78, 5) is 37.3. The number of aliphatic hydroxyl groups is 2. The van der Waals surface area contributed by atoms with Gasteiger partial charge in [-0.05, 0) is 55.9 Å². The topological polar surface area (TPSA) is 129 Å². The molecule has 0 amide bonds. The molecule has 9 atom stereocenters. The number of hydrogen-bond acceptors (Lipinski definition) is 9. The van der Waals surface area contributed by atoms with E-state index in [1.165, 1.54) is 19.9 Å². The maximum atomic E-state index is 12.9. The fraction of sp³-hybridized carbons (Fsp3) is 0.618. The van der Waals surface area contributed by atoms with Gasteiger partial charge in [0, 0.05) is 25.5 Å². The number of rotatable bonds is 12. The quantitative estimate of drug-likeness (QED) is 0.0772. The Hall–Kier alpha value is -3.01. The first-order valence-electron chi connectivity index (χ1n) is 15.2. The highest BCUT2D eigenvalue weighted by atomic mass is 16.8. The van der Waals surface area contributed by atoms with Crippen molar-refractivity contribution in [2.24, 2.45) is 22.7 Å². The van der Waals surface area contributed by atoms with Gasteiger partial charge in [0.05, 0.1) is 17.6 Å². The van der Waals surface area contributed by atoms with Gasteiger partial charge in [0.2, 0.25) is 12.6 Å². The molecule has 0 aromatic rings. The van der Waals surface area contributed by atoms with Crippen LogP contribution in [0.3, 0.4) is 0 Å². The fourth-order valence-electron chi connectivity index (χ4n) is 6.92. The second-order valence-corrected chi connectivity index (χ2v) is 12.2. The number of unbranched alkanes of at least 4 members (excludes halogenated alkanes) is 3. The van der Waals surface area contributed by atoms with Crippen molar-refractivity contribution in [2.45, 2.75) is 111 Å². The molecule has 1 spiro atoms. The molecule has 1 saturated heterocycles. The molecule has 2 fully saturated rings. The summed E-state index contributed by atoms with van der Waals surface area (Å²) >= 11 is 0. The monoisotopic (exact) mass is 600 g/mol. The van der Waals surface area contributed by atoms with Crippen LogP contribution in [0.1, 0.15) is 80.1 Å². The van der Waals surface area contributed by atoms with E-state index in [0.717, 1.165) is 31.3 Å². The van der Waals surface area contributed by atoms with Gasteiger partial charge in [-0.3, -0.25) is 14.3 Å². The zero-order valence-corrected chi connectivity index (χ0v) is 26.3. The molecular weight excluding hydrogens is 552 g/mol. The van der Waals surface area contributed by atoms with Gasteiger partial charge in [0.15, 0.2) is 0 Å². The Kier molecular flexibility index (Phi) is 11.7. The Morgan fingerprint density at radius 2 is 1.79 bits per heavy atom. The van der Waals surface area contributed by atoms with E-state index in [9.17, 15) is 24.6 Å². The molecule has 2 aliphatic carbocycles. The van der Waals surface area contributed by atoms with Crippen LogP contribution in [0, 0.1) is 22.7 Å². The summed E-state index contributed by atoms with van der Waals surface area (Å²) in [6.45, 7) is 14.2. The number of ether oxygens (including phenoxy) is 4. The van der Waals surface area contributed by atoms with Crippen LogP contribution < -0.4 is 0 Å². The summed E-state index contributed by atoms with van der Waals surface area (Å²) in [5.74, 6) is -2.83. The van der Waals surface area contributed by atoms with Crippen LogP contribution in [0.15, 0.2) is 60.3 Å². The minimum Gasteiger partial charge on any atom is -0.455 e. The Bertz CT molecular complexity index is 1170. The minimum atomic E-state index is -1.47. The van der Waals surface area contributed by atoms with E-state index in [1.54, 1.807) is 18.2 Å². The summed E-state index contributed by atoms with van der Waals surface area (Å²) in [5.41, 5.74) is -0.946. The molecule has 2 N–H and O–H groups in total. The predicted molar refractivity (Wildman–Crippen MR) is 161 cm³/mol. The first-order chi connectivity index (χ1) is 20.3. The molecule has 9 nitrogen and oxygen atoms in total. The van der Waals surface area contributed by atoms with Crippen molar-refractivity contribution in [1.82, 2.24) is 0 Å². The van der Waals surface area contributed by atoms with E-state index in [0.29, 0.717) is 12.0 Å². The van der Waals surface area contributed by atoms with Crippen LogP contribution in [0.5, 0.6) is 0 Å². The lowest BCUT2D eigenvalue weighted by Gasteiger charge is -2.61. The molecule has 1 heterocycles. The second kappa shape index (κ2) is 14.6. The van der Waals surface area contributed by atoms with Crippen LogP contribution in [0.25, 0.3) is 0 Å². The van der Waals surface area contributed by atoms with Gasteiger partial charge in [0.1, 0.15) is 6.10 Å². The second-order valence-electron chi connectivity index (χ2n) is 12.2. The van der Waals surface area contributed by atoms with Gasteiger partial charge in [-0.1, -0.05) is 76.1 Å². The standard InChI is InChI=1S/C34H48O9/c1-8-10-11-12-13-14-15-16-28(37)42-25-19-26-31(40-23(5)35)43-32(41-24(6)36)34(26)27(20-25)33(7,18-17-21(3)9-2)22(4)29(38)30(34)39/h9,13-17,19,22,25,27,29-32,38-39H,2,8,10-12,18,20H2,1,3-7H3/b14-13+,16-15-,21-17+/t22-,25+,27+,29-,30+,31+,32-,33-,34-/m1/s1. The third-order valence-electron chi connectivity index (χ3n) is 9.42. The van der Waals surface area contributed by atoms with E-state index in [2.05, 4.69) is 13.5 Å². The van der Waals surface area contributed by atoms with Gasteiger partial charge >= 0.3 is 17.9 Å². The first-order valence-corrected chi connectivity index (χ1v) is 15.2. The zero-order valence-electron chi connectivity index (χ0n) is 26.3. The molecule has 0 aromatic heterocycles. The maximum Gasteiger partial charge on any atom is 0.331 e. The number of hydrogen-bond donors (Lipinski definition) is 2. The van der Waals surface area contributed by atoms with E-state index < -0.39 is 71.5 Å². The van der Waals surface area contributed by atoms with Crippen molar-refractivity contribution < 1.29 is 43.5 Å². The molecule has 1 saturated carbocycles. The predicted octanol–water partition coefficient (Wildman–Crippen LogP) is 5.23. The summed E-state index contributed by atoms with van der Waals surface area (Å²) in [7, 11) is 0. The van der Waals surface area contributed by atoms with Crippen molar-refractivity contribution in [3.8, 4) is 0 Å². The molecule has 0 bridgehead atoms. The number of carbonyl (C=O) groups is 3. The lowest BCUT2D eigenvalue weighted by Crippen LogP contribution is -2.68. The highest BCUT2D eigenvalue weighted by Crippen LogP contribution is 2.67. The SMILES string of the molecule is C=C/C(C)=C/C[C@]1(C)[C@H](C)[C@@H](O)[C@H](O)[C@@]23C(=C[C@H](OC(=O)/C=C\C=C\CCCCC)C[C@@H]12)[C@@H](OC(C)=O)O[C@H]3OC(C)=O. The first kappa shape index (κ1) is 34.5. The van der Waals surface area contributed by atoms with E-state index in [1.807, 2.05) is 39.0 Å². The molecule has 1 aliphatic heterocycles. The van der Waals surface area contributed by atoms with Crippen molar-refractivity contribution in [1.29, 1.82) is 0 Å². The zero-order chi connectivity index (χ0) is 31.9. The number of aliphatic hydroxyl groups excluding tert-OH is 2. The van der Waals surface area contributed by atoms with Gasteiger partial charge < -0.3 is 24.4 Å². The smallest absolute Gasteiger partial charge is 0.331 e. The molecule has 43 heavy (non-hydrogen) atoms. The Labute approximate surface area is 255 Å². The van der Waals surface area contributed by atoms with Crippen molar-refractivity contribution >= 4 is 17.9 Å². The number of carbonyl (C=O) groups excluding carboxylic acids is 3. The summed E-state index contributed by atoms with van der Waals surface area (Å²) in [6.07, 6.45) is 11.1. The highest BCUT2D eigenvalue weighted by Gasteiger charge is 2.73. The molecule has 0 aromatic carbocycles. The van der Waals surface area contributed by atoms with E-state index >= 15 is 0 Å². The summed E-state index contributed by atoms with van der Waals surface area (Å²) in [5, 5.41) is 23.3. The third-order valence-corrected chi connectivity index (χ3v) is 9.42. The molecule has 3 rings (SSSR count). The molecule has 3 aliphatic rings. The Morgan fingerprint density at radius 1 is 1.09 bits per heavy atom. The number of allylic oxidation sites excluding steroid dienone is 6. The largest absolute Gasteiger partial charge is 0.455 e. The van der Waals surface area contributed by atoms with Crippen LogP contribution in [0.4, 0.5) is 0 Å². The van der Waals surface area contributed by atoms with Crippen molar-refractivity contribution in [3.63, 3.8) is 0 Å². The lowest BCUT2D eigenvalue weighted by molar-refractivity contribution is -0.272. The molecule has 9 heteroatoms. The van der Waals surface area contributed by atoms with Gasteiger partial charge in [-0.2, -0.15) is 0 Å². The molecule has 0 radical (unpaired) electrons. The Morgan fingerprint density at radius 3 is 2.42 bits per heavy atom. The summed E-state index contributed by atoms with van der Waals surface area (Å²) in [6, 6.07) is 0. The van der Waals surface area contributed by atoms with Crippen molar-refractivity contribution in [3.05, 3.63) is 60.3 Å². The molecular formula is C34H48O9. The molecule has 0 unspecified atom stereocenters. The van der Waals surface area contributed by atoms with Crippen LogP contribution in [0.2, 0.25) is 0 Å². The van der Waals surface area contributed by atoms with Crippen LogP contribution in [-0.4, -0.2) is 59.0 Å². The maximum absolute atomic E-state index is 12.9. The average molecular weight is 601 g/mol. The van der Waals surface area contributed by atoms with Gasteiger partial charge in [-0.25, -0.2) is 4.79 Å². The highest BCUT2D eigenvalue weighted by molar-refractivity contribution is 5.82. The Balaban J connectivity index is 2.09. The third kappa shape index (κ3) is 7.21. The molecule has 238 valence electrons. The van der Waals surface area contributed by atoms with Gasteiger partial charge in [0.25, 0.3) is 0 Å². The van der Waals surface area contributed by atoms with Crippen LogP contribution in [-0.2, 0) is 33.3 Å². The normalized spacial score (nSPS) is 35.7. The number of esters is 3. The van der Waals surface area contributed by atoms with Crippen LogP contribution >= 0.6 is 0 Å². The minimum absolute atomic E-state index is 0.245. The fourth-order valence-corrected chi connectivity index (χ4v) is 6.92. The average Bonchev–Trinajstić information content (AvgIpc) is 3.24. The summed E-state index contributed by atoms with van der Waals surface area (Å²) < 4.78 is 23.1. The van der Waals surface area contributed by atoms with Crippen molar-refractivity contribution in [2.75, 3.05) is 0 Å². The lowest BCUT2D eigenvalue weighted by atomic mass is 9.44. The van der Waals surface area contributed by atoms with Gasteiger partial charge in [-0.15, -0.1) is 0 Å².